The van der Waals surface area contributed by atoms with Gasteiger partial charge in [0, 0.05) is 30.0 Å². The SMILES string of the molecule is COCC(C)NC(=O)c1cc(NC(=O)c2nocc2C)cc(-c2ccc(C)cc2)c1. The van der Waals surface area contributed by atoms with Crippen LogP contribution in [-0.2, 0) is 4.74 Å². The van der Waals surface area contributed by atoms with E-state index in [0.29, 0.717) is 23.4 Å². The van der Waals surface area contributed by atoms with Gasteiger partial charge in [-0.3, -0.25) is 9.59 Å². The van der Waals surface area contributed by atoms with E-state index < -0.39 is 5.91 Å². The van der Waals surface area contributed by atoms with Crippen molar-refractivity contribution in [1.82, 2.24) is 10.5 Å². The van der Waals surface area contributed by atoms with Gasteiger partial charge in [0.25, 0.3) is 11.8 Å². The molecule has 0 fully saturated rings. The van der Waals surface area contributed by atoms with Gasteiger partial charge in [0.2, 0.25) is 0 Å². The molecule has 0 aliphatic heterocycles. The first kappa shape index (κ1) is 21.3. The Morgan fingerprint density at radius 1 is 1.07 bits per heavy atom. The summed E-state index contributed by atoms with van der Waals surface area (Å²) in [5, 5.41) is 9.45. The summed E-state index contributed by atoms with van der Waals surface area (Å²) < 4.78 is 9.94. The van der Waals surface area contributed by atoms with Crippen LogP contribution < -0.4 is 10.6 Å². The average molecular weight is 407 g/mol. The van der Waals surface area contributed by atoms with E-state index in [0.717, 1.165) is 16.7 Å². The van der Waals surface area contributed by atoms with Gasteiger partial charge in [-0.25, -0.2) is 0 Å². The zero-order valence-corrected chi connectivity index (χ0v) is 17.5. The number of aryl methyl sites for hydroxylation is 2. The minimum absolute atomic E-state index is 0.152. The van der Waals surface area contributed by atoms with Crippen LogP contribution in [0.15, 0.2) is 53.3 Å². The van der Waals surface area contributed by atoms with Crippen LogP contribution in [-0.4, -0.2) is 36.7 Å². The van der Waals surface area contributed by atoms with E-state index in [-0.39, 0.29) is 17.6 Å². The lowest BCUT2D eigenvalue weighted by Gasteiger charge is -2.15. The number of benzene rings is 2. The van der Waals surface area contributed by atoms with Crippen molar-refractivity contribution in [2.75, 3.05) is 19.0 Å². The Kier molecular flexibility index (Phi) is 6.64. The van der Waals surface area contributed by atoms with E-state index in [2.05, 4.69) is 15.8 Å². The van der Waals surface area contributed by atoms with Gasteiger partial charge in [-0.2, -0.15) is 0 Å². The second-order valence-corrected chi connectivity index (χ2v) is 7.30. The predicted octanol–water partition coefficient (Wildman–Crippen LogP) is 3.98. The molecule has 156 valence electrons. The van der Waals surface area contributed by atoms with Crippen molar-refractivity contribution in [3.05, 3.63) is 71.1 Å². The molecule has 0 saturated carbocycles. The summed E-state index contributed by atoms with van der Waals surface area (Å²) in [6.07, 6.45) is 1.41. The van der Waals surface area contributed by atoms with Crippen LogP contribution in [0.2, 0.25) is 0 Å². The molecule has 7 heteroatoms. The van der Waals surface area contributed by atoms with E-state index in [4.69, 9.17) is 9.26 Å². The Morgan fingerprint density at radius 3 is 2.43 bits per heavy atom. The molecule has 0 aliphatic rings. The lowest BCUT2D eigenvalue weighted by Crippen LogP contribution is -2.35. The first-order chi connectivity index (χ1) is 14.4. The molecule has 1 atom stereocenters. The van der Waals surface area contributed by atoms with Crippen molar-refractivity contribution in [3.8, 4) is 11.1 Å². The second kappa shape index (κ2) is 9.37. The van der Waals surface area contributed by atoms with Crippen LogP contribution in [0.1, 0.15) is 38.9 Å². The molecule has 0 radical (unpaired) electrons. The Bertz CT molecular complexity index is 1040. The van der Waals surface area contributed by atoms with E-state index in [9.17, 15) is 9.59 Å². The molecule has 2 amide bonds. The molecule has 1 heterocycles. The lowest BCUT2D eigenvalue weighted by molar-refractivity contribution is 0.0904. The maximum atomic E-state index is 12.8. The van der Waals surface area contributed by atoms with Crippen LogP contribution in [0.5, 0.6) is 0 Å². The molecule has 0 aliphatic carbocycles. The molecule has 0 bridgehead atoms. The Balaban J connectivity index is 1.95. The number of hydrogen-bond donors (Lipinski definition) is 2. The number of aromatic nitrogens is 1. The van der Waals surface area contributed by atoms with Gasteiger partial charge in [-0.1, -0.05) is 35.0 Å². The number of nitrogens with one attached hydrogen (secondary N) is 2. The molecule has 7 nitrogen and oxygen atoms in total. The minimum Gasteiger partial charge on any atom is -0.383 e. The maximum absolute atomic E-state index is 12.8. The molecular weight excluding hydrogens is 382 g/mol. The highest BCUT2D eigenvalue weighted by Gasteiger charge is 2.17. The largest absolute Gasteiger partial charge is 0.383 e. The molecule has 3 rings (SSSR count). The van der Waals surface area contributed by atoms with Crippen LogP contribution in [0, 0.1) is 13.8 Å². The van der Waals surface area contributed by atoms with Crippen molar-refractivity contribution in [1.29, 1.82) is 0 Å². The maximum Gasteiger partial charge on any atom is 0.278 e. The quantitative estimate of drug-likeness (QED) is 0.618. The van der Waals surface area contributed by atoms with Gasteiger partial charge in [0.05, 0.1) is 6.61 Å². The van der Waals surface area contributed by atoms with Gasteiger partial charge in [0.1, 0.15) is 6.26 Å². The number of rotatable bonds is 7. The molecule has 30 heavy (non-hydrogen) atoms. The van der Waals surface area contributed by atoms with Crippen LogP contribution in [0.4, 0.5) is 5.69 Å². The van der Waals surface area contributed by atoms with Crippen molar-refractivity contribution < 1.29 is 18.8 Å². The number of nitrogens with zero attached hydrogens (tertiary/aromatic N) is 1. The third kappa shape index (κ3) is 5.12. The van der Waals surface area contributed by atoms with E-state index in [1.165, 1.54) is 6.26 Å². The second-order valence-electron chi connectivity index (χ2n) is 7.30. The van der Waals surface area contributed by atoms with Gasteiger partial charge in [0.15, 0.2) is 5.69 Å². The number of carbonyl (C=O) groups excluding carboxylic acids is 2. The number of methoxy groups -OCH3 is 1. The van der Waals surface area contributed by atoms with Gasteiger partial charge in [-0.05, 0) is 50.1 Å². The van der Waals surface area contributed by atoms with E-state index in [1.54, 1.807) is 26.2 Å². The smallest absolute Gasteiger partial charge is 0.278 e. The van der Waals surface area contributed by atoms with Crippen LogP contribution in [0.25, 0.3) is 11.1 Å². The fourth-order valence-electron chi connectivity index (χ4n) is 3.04. The van der Waals surface area contributed by atoms with Crippen molar-refractivity contribution >= 4 is 17.5 Å². The molecule has 0 saturated heterocycles. The zero-order valence-electron chi connectivity index (χ0n) is 17.5. The number of amides is 2. The molecule has 2 aromatic carbocycles. The summed E-state index contributed by atoms with van der Waals surface area (Å²) >= 11 is 0. The molecule has 1 aromatic heterocycles. The van der Waals surface area contributed by atoms with Gasteiger partial charge >= 0.3 is 0 Å². The molecule has 0 spiro atoms. The summed E-state index contributed by atoms with van der Waals surface area (Å²) in [7, 11) is 1.58. The summed E-state index contributed by atoms with van der Waals surface area (Å²) in [4.78, 5) is 25.4. The van der Waals surface area contributed by atoms with Gasteiger partial charge < -0.3 is 19.9 Å². The first-order valence-electron chi connectivity index (χ1n) is 9.61. The Hall–Kier alpha value is -3.45. The summed E-state index contributed by atoms with van der Waals surface area (Å²) in [5.74, 6) is -0.650. The predicted molar refractivity (Wildman–Crippen MR) is 115 cm³/mol. The fourth-order valence-corrected chi connectivity index (χ4v) is 3.04. The molecular formula is C23H25N3O4. The molecule has 1 unspecified atom stereocenters. The fraction of sp³-hybridized carbons (Fsp3) is 0.261. The van der Waals surface area contributed by atoms with E-state index >= 15 is 0 Å². The van der Waals surface area contributed by atoms with E-state index in [1.807, 2.05) is 44.2 Å². The van der Waals surface area contributed by atoms with Gasteiger partial charge in [-0.15, -0.1) is 0 Å². The van der Waals surface area contributed by atoms with Crippen molar-refractivity contribution in [2.45, 2.75) is 26.8 Å². The topological polar surface area (TPSA) is 93.5 Å². The summed E-state index contributed by atoms with van der Waals surface area (Å²) in [6.45, 7) is 6.01. The Morgan fingerprint density at radius 2 is 1.80 bits per heavy atom. The lowest BCUT2D eigenvalue weighted by atomic mass is 10.0. The Labute approximate surface area is 175 Å². The highest BCUT2D eigenvalue weighted by Crippen LogP contribution is 2.26. The normalized spacial score (nSPS) is 11.7. The number of carbonyl (C=O) groups is 2. The first-order valence-corrected chi connectivity index (χ1v) is 9.61. The monoisotopic (exact) mass is 407 g/mol. The van der Waals surface area contributed by atoms with Crippen LogP contribution >= 0.6 is 0 Å². The summed E-state index contributed by atoms with van der Waals surface area (Å²) in [6, 6.07) is 13.1. The van der Waals surface area contributed by atoms with Crippen molar-refractivity contribution in [3.63, 3.8) is 0 Å². The molecule has 3 aromatic rings. The molecule has 2 N–H and O–H groups in total. The third-order valence-corrected chi connectivity index (χ3v) is 4.59. The minimum atomic E-state index is -0.401. The highest BCUT2D eigenvalue weighted by molar-refractivity contribution is 6.05. The summed E-state index contributed by atoms with van der Waals surface area (Å²) in [5.41, 5.74) is 4.65. The average Bonchev–Trinajstić information content (AvgIpc) is 3.14. The van der Waals surface area contributed by atoms with Crippen molar-refractivity contribution in [2.24, 2.45) is 0 Å². The zero-order chi connectivity index (χ0) is 21.7. The number of anilines is 1. The highest BCUT2D eigenvalue weighted by atomic mass is 16.5. The number of ether oxygens (including phenoxy) is 1. The standard InChI is InChI=1S/C23H25N3O4/c1-14-5-7-17(8-6-14)18-9-19(22(27)24-16(3)13-29-4)11-20(10-18)25-23(28)21-15(2)12-30-26-21/h5-12,16H,13H2,1-4H3,(H,24,27)(H,25,28). The van der Waals surface area contributed by atoms with Crippen LogP contribution in [0.3, 0.4) is 0 Å². The third-order valence-electron chi connectivity index (χ3n) is 4.59. The number of hydrogen-bond acceptors (Lipinski definition) is 5.